The molecule has 1 aliphatic heterocycles. The number of fused-ring (bicyclic) bond motifs is 3. The van der Waals surface area contributed by atoms with E-state index in [1.54, 1.807) is 7.11 Å². The van der Waals surface area contributed by atoms with Gasteiger partial charge in [-0.2, -0.15) is 0 Å². The monoisotopic (exact) mass is 429 g/mol. The van der Waals surface area contributed by atoms with E-state index in [1.807, 2.05) is 37.4 Å². The van der Waals surface area contributed by atoms with Crippen LogP contribution >= 0.6 is 0 Å². The molecule has 4 aromatic rings. The van der Waals surface area contributed by atoms with Crippen LogP contribution in [0.25, 0.3) is 32.9 Å². The summed E-state index contributed by atoms with van der Waals surface area (Å²) in [6.45, 7) is 3.35. The van der Waals surface area contributed by atoms with Crippen LogP contribution in [-0.4, -0.2) is 35.8 Å². The molecule has 3 heterocycles. The molecule has 1 fully saturated rings. The number of nitrogens with one attached hydrogen (secondary N) is 1. The first kappa shape index (κ1) is 20.5. The highest BCUT2D eigenvalue weighted by atomic mass is 16.5. The van der Waals surface area contributed by atoms with E-state index in [-0.39, 0.29) is 11.8 Å². The van der Waals surface area contributed by atoms with E-state index in [1.165, 1.54) is 10.8 Å². The zero-order valence-corrected chi connectivity index (χ0v) is 18.6. The number of hydrogen-bond donors (Lipinski definition) is 1. The van der Waals surface area contributed by atoms with Crippen molar-refractivity contribution in [3.8, 4) is 16.9 Å². The summed E-state index contributed by atoms with van der Waals surface area (Å²) in [5.41, 5.74) is 6.10. The van der Waals surface area contributed by atoms with Crippen LogP contribution < -0.4 is 10.1 Å². The number of nitrogens with zero attached hydrogens (tertiary/aromatic N) is 2. The van der Waals surface area contributed by atoms with Crippen LogP contribution in [0, 0.1) is 12.8 Å². The average molecular weight is 430 g/mol. The molecule has 1 saturated heterocycles. The third-order valence-electron chi connectivity index (χ3n) is 6.47. The van der Waals surface area contributed by atoms with Crippen molar-refractivity contribution in [3.05, 3.63) is 54.4 Å². The number of pyridine rings is 1. The first-order valence-corrected chi connectivity index (χ1v) is 11.0. The lowest BCUT2D eigenvalue weighted by atomic mass is 9.99. The number of amides is 1. The molecule has 5 rings (SSSR count). The number of rotatable bonds is 4. The molecule has 0 unspecified atom stereocenters. The fourth-order valence-electron chi connectivity index (χ4n) is 4.71. The number of ether oxygens (including phenoxy) is 2. The number of aryl methyl sites for hydroxylation is 2. The number of benzene rings is 2. The number of methoxy groups -OCH3 is 1. The Hall–Kier alpha value is -3.38. The Labute approximate surface area is 187 Å². The summed E-state index contributed by atoms with van der Waals surface area (Å²) in [6, 6.07) is 14.3. The van der Waals surface area contributed by atoms with E-state index < -0.39 is 0 Å². The average Bonchev–Trinajstić information content (AvgIpc) is 3.11. The minimum atomic E-state index is 0.0234. The molecule has 0 radical (unpaired) electrons. The highest BCUT2D eigenvalue weighted by Gasteiger charge is 2.21. The van der Waals surface area contributed by atoms with E-state index in [4.69, 9.17) is 9.47 Å². The van der Waals surface area contributed by atoms with Gasteiger partial charge in [-0.25, -0.2) is 0 Å². The Morgan fingerprint density at radius 1 is 1.12 bits per heavy atom. The van der Waals surface area contributed by atoms with Crippen molar-refractivity contribution in [1.29, 1.82) is 0 Å². The maximum atomic E-state index is 12.5. The summed E-state index contributed by atoms with van der Waals surface area (Å²) < 4.78 is 13.3. The summed E-state index contributed by atoms with van der Waals surface area (Å²) in [5, 5.41) is 5.39. The van der Waals surface area contributed by atoms with Crippen LogP contribution in [0.2, 0.25) is 0 Å². The van der Waals surface area contributed by atoms with Crippen LogP contribution in [0.4, 0.5) is 5.69 Å². The Bertz CT molecular complexity index is 1300. The van der Waals surface area contributed by atoms with Crippen molar-refractivity contribution in [3.63, 3.8) is 0 Å². The topological polar surface area (TPSA) is 65.4 Å². The normalized spacial score (nSPS) is 14.7. The molecule has 0 atom stereocenters. The zero-order valence-electron chi connectivity index (χ0n) is 18.6. The quantitative estimate of drug-likeness (QED) is 0.492. The van der Waals surface area contributed by atoms with Gasteiger partial charge >= 0.3 is 0 Å². The summed E-state index contributed by atoms with van der Waals surface area (Å²) in [6.07, 6.45) is 3.42. The molecule has 1 amide bonds. The molecule has 2 aromatic carbocycles. The van der Waals surface area contributed by atoms with Gasteiger partial charge in [0.2, 0.25) is 5.91 Å². The second-order valence-corrected chi connectivity index (χ2v) is 8.37. The molecule has 0 spiro atoms. The Balaban J connectivity index is 1.50. The molecule has 1 aliphatic rings. The minimum Gasteiger partial charge on any atom is -0.496 e. The Kier molecular flexibility index (Phi) is 5.31. The van der Waals surface area contributed by atoms with Crippen LogP contribution in [0.5, 0.6) is 5.75 Å². The molecule has 0 saturated carbocycles. The molecular weight excluding hydrogens is 402 g/mol. The van der Waals surface area contributed by atoms with Crippen LogP contribution in [0.15, 0.2) is 48.7 Å². The van der Waals surface area contributed by atoms with Crippen molar-refractivity contribution in [2.45, 2.75) is 19.8 Å². The van der Waals surface area contributed by atoms with E-state index in [0.29, 0.717) is 13.2 Å². The largest absolute Gasteiger partial charge is 0.496 e. The van der Waals surface area contributed by atoms with Gasteiger partial charge in [-0.3, -0.25) is 9.78 Å². The third-order valence-corrected chi connectivity index (χ3v) is 6.47. The van der Waals surface area contributed by atoms with E-state index >= 15 is 0 Å². The van der Waals surface area contributed by atoms with Crippen molar-refractivity contribution in [1.82, 2.24) is 9.55 Å². The number of hydrogen-bond acceptors (Lipinski definition) is 4. The first-order chi connectivity index (χ1) is 15.6. The molecule has 0 bridgehead atoms. The summed E-state index contributed by atoms with van der Waals surface area (Å²) in [5.74, 6) is 0.906. The van der Waals surface area contributed by atoms with Gasteiger partial charge in [0, 0.05) is 60.5 Å². The summed E-state index contributed by atoms with van der Waals surface area (Å²) in [4.78, 5) is 17.0. The lowest BCUT2D eigenvalue weighted by molar-refractivity contribution is -0.122. The Morgan fingerprint density at radius 3 is 2.59 bits per heavy atom. The van der Waals surface area contributed by atoms with E-state index in [2.05, 4.69) is 40.1 Å². The van der Waals surface area contributed by atoms with Gasteiger partial charge in [-0.15, -0.1) is 0 Å². The molecule has 1 N–H and O–H groups in total. The van der Waals surface area contributed by atoms with E-state index in [9.17, 15) is 4.79 Å². The molecular formula is C26H27N3O3. The van der Waals surface area contributed by atoms with Gasteiger partial charge in [0.1, 0.15) is 5.75 Å². The number of carbonyl (C=O) groups excluding carboxylic acids is 1. The fraction of sp³-hybridized carbons (Fsp3) is 0.308. The van der Waals surface area contributed by atoms with Crippen molar-refractivity contribution >= 4 is 33.4 Å². The lowest BCUT2D eigenvalue weighted by Gasteiger charge is -2.21. The summed E-state index contributed by atoms with van der Waals surface area (Å²) in [7, 11) is 3.76. The lowest BCUT2D eigenvalue weighted by Crippen LogP contribution is -2.28. The van der Waals surface area contributed by atoms with Gasteiger partial charge in [0.25, 0.3) is 0 Å². The summed E-state index contributed by atoms with van der Waals surface area (Å²) >= 11 is 0. The maximum absolute atomic E-state index is 12.5. The van der Waals surface area contributed by atoms with Crippen LogP contribution in [0.3, 0.4) is 0 Å². The number of carbonyl (C=O) groups is 1. The first-order valence-electron chi connectivity index (χ1n) is 11.0. The smallest absolute Gasteiger partial charge is 0.227 e. The second kappa shape index (κ2) is 8.28. The van der Waals surface area contributed by atoms with Gasteiger partial charge < -0.3 is 19.4 Å². The zero-order chi connectivity index (χ0) is 22.2. The van der Waals surface area contributed by atoms with Crippen molar-refractivity contribution < 1.29 is 14.3 Å². The molecule has 32 heavy (non-hydrogen) atoms. The molecule has 2 aromatic heterocycles. The third kappa shape index (κ3) is 3.50. The molecule has 6 heteroatoms. The van der Waals surface area contributed by atoms with Gasteiger partial charge in [0.15, 0.2) is 0 Å². The molecule has 164 valence electrons. The van der Waals surface area contributed by atoms with Gasteiger partial charge in [-0.1, -0.05) is 12.1 Å². The number of anilines is 1. The second-order valence-electron chi connectivity index (χ2n) is 8.37. The van der Waals surface area contributed by atoms with Crippen LogP contribution in [-0.2, 0) is 16.6 Å². The fourth-order valence-corrected chi connectivity index (χ4v) is 4.71. The molecule has 0 aliphatic carbocycles. The SMILES string of the molecule is COc1cc2c(cc1-c1ccc(NC(=O)C3CCOCC3)cc1)c1ccnc(C)c1n2C. The van der Waals surface area contributed by atoms with Gasteiger partial charge in [0.05, 0.1) is 23.8 Å². The van der Waals surface area contributed by atoms with Crippen LogP contribution in [0.1, 0.15) is 18.5 Å². The minimum absolute atomic E-state index is 0.0234. The maximum Gasteiger partial charge on any atom is 0.227 e. The van der Waals surface area contributed by atoms with Gasteiger partial charge in [-0.05, 0) is 49.6 Å². The predicted octanol–water partition coefficient (Wildman–Crippen LogP) is 5.08. The molecule has 6 nitrogen and oxygen atoms in total. The Morgan fingerprint density at radius 2 is 1.88 bits per heavy atom. The van der Waals surface area contributed by atoms with Crippen molar-refractivity contribution in [2.75, 3.05) is 25.6 Å². The van der Waals surface area contributed by atoms with E-state index in [0.717, 1.165) is 52.1 Å². The predicted molar refractivity (Wildman–Crippen MR) is 127 cm³/mol. The highest BCUT2D eigenvalue weighted by molar-refractivity contribution is 6.10. The highest BCUT2D eigenvalue weighted by Crippen LogP contribution is 2.39. The number of aromatic nitrogens is 2. The van der Waals surface area contributed by atoms with Crippen molar-refractivity contribution in [2.24, 2.45) is 13.0 Å². The standard InChI is InChI=1S/C26H27N3O3/c1-16-25-20(8-11-27-16)22-14-21(24(31-3)15-23(22)29(25)2)17-4-6-19(7-5-17)28-26(30)18-9-12-32-13-10-18/h4-8,11,14-15,18H,9-10,12-13H2,1-3H3,(H,28,30).